The van der Waals surface area contributed by atoms with Crippen molar-refractivity contribution in [3.63, 3.8) is 0 Å². The Morgan fingerprint density at radius 2 is 2.05 bits per heavy atom. The van der Waals surface area contributed by atoms with E-state index in [0.717, 1.165) is 6.54 Å². The van der Waals surface area contributed by atoms with Gasteiger partial charge in [0.05, 0.1) is 16.3 Å². The van der Waals surface area contributed by atoms with Gasteiger partial charge in [0.1, 0.15) is 9.90 Å². The van der Waals surface area contributed by atoms with Crippen molar-refractivity contribution in [3.05, 3.63) is 4.88 Å². The molecule has 0 radical (unpaired) electrons. The number of ketones is 1. The van der Waals surface area contributed by atoms with Crippen molar-refractivity contribution in [1.82, 2.24) is 0 Å². The fourth-order valence-electron chi connectivity index (χ4n) is 1.92. The summed E-state index contributed by atoms with van der Waals surface area (Å²) in [4.78, 5) is 12.3. The molecular weight excluding hydrogens is 296 g/mol. The molecular formula is C13H20N2O3S2. The van der Waals surface area contributed by atoms with Gasteiger partial charge in [-0.3, -0.25) is 4.79 Å². The third-order valence-corrected chi connectivity index (χ3v) is 6.55. The molecule has 112 valence electrons. The Kier molecular flexibility index (Phi) is 4.39. The molecule has 1 heterocycles. The topological polar surface area (TPSA) is 89.3 Å². The maximum absolute atomic E-state index is 12.2. The first kappa shape index (κ1) is 15.3. The van der Waals surface area contributed by atoms with Crippen LogP contribution in [-0.2, 0) is 9.84 Å². The minimum Gasteiger partial charge on any atom is -0.396 e. The van der Waals surface area contributed by atoms with Crippen LogP contribution < -0.4 is 11.1 Å². The zero-order chi connectivity index (χ0) is 14.9. The number of thiophene rings is 1. The SMILES string of the molecule is CCC(=O)c1sc(NCC2CC2)c(S(=O)(=O)CC)c1N. The number of nitrogens with two attached hydrogens (primary N) is 1. The highest BCUT2D eigenvalue weighted by Gasteiger charge is 2.29. The number of hydrogen-bond acceptors (Lipinski definition) is 6. The number of rotatable bonds is 7. The molecule has 1 aliphatic carbocycles. The van der Waals surface area contributed by atoms with Gasteiger partial charge in [-0.25, -0.2) is 8.42 Å². The first-order valence-electron chi connectivity index (χ1n) is 6.82. The number of hydrogen-bond donors (Lipinski definition) is 2. The van der Waals surface area contributed by atoms with Crippen LogP contribution in [0.15, 0.2) is 4.90 Å². The summed E-state index contributed by atoms with van der Waals surface area (Å²) >= 11 is 1.17. The van der Waals surface area contributed by atoms with E-state index in [4.69, 9.17) is 5.73 Å². The second-order valence-corrected chi connectivity index (χ2v) is 8.24. The van der Waals surface area contributed by atoms with Crippen LogP contribution in [0.3, 0.4) is 0 Å². The average molecular weight is 316 g/mol. The smallest absolute Gasteiger partial charge is 0.183 e. The highest BCUT2D eigenvalue weighted by Crippen LogP contribution is 2.41. The number of nitrogen functional groups attached to an aromatic ring is 1. The molecule has 5 nitrogen and oxygen atoms in total. The largest absolute Gasteiger partial charge is 0.396 e. The molecule has 1 saturated carbocycles. The van der Waals surface area contributed by atoms with E-state index in [1.54, 1.807) is 13.8 Å². The van der Waals surface area contributed by atoms with E-state index in [1.807, 2.05) is 0 Å². The lowest BCUT2D eigenvalue weighted by Crippen LogP contribution is -2.11. The van der Waals surface area contributed by atoms with Crippen LogP contribution in [0.25, 0.3) is 0 Å². The Morgan fingerprint density at radius 1 is 1.40 bits per heavy atom. The predicted octanol–water partition coefficient (Wildman–Crippen LogP) is 2.54. The van der Waals surface area contributed by atoms with E-state index in [-0.39, 0.29) is 22.1 Å². The summed E-state index contributed by atoms with van der Waals surface area (Å²) in [6, 6.07) is 0. The Morgan fingerprint density at radius 3 is 2.55 bits per heavy atom. The number of Topliss-reactive ketones (excluding diaryl/α,β-unsaturated/α-hetero) is 1. The molecule has 2 rings (SSSR count). The van der Waals surface area contributed by atoms with Crippen LogP contribution in [0.5, 0.6) is 0 Å². The molecule has 1 aliphatic rings. The molecule has 0 aliphatic heterocycles. The predicted molar refractivity (Wildman–Crippen MR) is 82.3 cm³/mol. The molecule has 1 fully saturated rings. The Labute approximate surface area is 123 Å². The van der Waals surface area contributed by atoms with Crippen LogP contribution in [0.4, 0.5) is 10.7 Å². The third kappa shape index (κ3) is 2.98. The summed E-state index contributed by atoms with van der Waals surface area (Å²) in [6.45, 7) is 4.07. The quantitative estimate of drug-likeness (QED) is 0.755. The van der Waals surface area contributed by atoms with E-state index in [1.165, 1.54) is 24.2 Å². The van der Waals surface area contributed by atoms with Gasteiger partial charge in [0.15, 0.2) is 15.6 Å². The van der Waals surface area contributed by atoms with Gasteiger partial charge in [0, 0.05) is 13.0 Å². The molecule has 7 heteroatoms. The summed E-state index contributed by atoms with van der Waals surface area (Å²) in [6.07, 6.45) is 2.66. The second kappa shape index (κ2) is 5.73. The Hall–Kier alpha value is -1.08. The lowest BCUT2D eigenvalue weighted by molar-refractivity contribution is 0.0992. The fourth-order valence-corrected chi connectivity index (χ4v) is 4.61. The molecule has 0 spiro atoms. The molecule has 0 saturated heterocycles. The van der Waals surface area contributed by atoms with Gasteiger partial charge in [0.25, 0.3) is 0 Å². The maximum atomic E-state index is 12.2. The maximum Gasteiger partial charge on any atom is 0.183 e. The summed E-state index contributed by atoms with van der Waals surface area (Å²) in [5.74, 6) is 0.478. The van der Waals surface area contributed by atoms with Crippen LogP contribution in [0.2, 0.25) is 0 Å². The average Bonchev–Trinajstić information content (AvgIpc) is 3.18. The van der Waals surface area contributed by atoms with Crippen LogP contribution in [-0.4, -0.2) is 26.5 Å². The second-order valence-electron chi connectivity index (χ2n) is 5.01. The third-order valence-electron chi connectivity index (χ3n) is 3.41. The van der Waals surface area contributed by atoms with Crippen molar-refractivity contribution in [2.75, 3.05) is 23.3 Å². The molecule has 1 aromatic heterocycles. The van der Waals surface area contributed by atoms with Gasteiger partial charge < -0.3 is 11.1 Å². The van der Waals surface area contributed by atoms with E-state index in [0.29, 0.717) is 22.2 Å². The first-order chi connectivity index (χ1) is 9.40. The van der Waals surface area contributed by atoms with Crippen LogP contribution in [0.1, 0.15) is 42.8 Å². The van der Waals surface area contributed by atoms with Crippen LogP contribution >= 0.6 is 11.3 Å². The molecule has 0 unspecified atom stereocenters. The summed E-state index contributed by atoms with van der Waals surface area (Å²) < 4.78 is 24.4. The molecule has 0 amide bonds. The molecule has 20 heavy (non-hydrogen) atoms. The number of carbonyl (C=O) groups excluding carboxylic acids is 1. The lowest BCUT2D eigenvalue weighted by atomic mass is 10.2. The summed E-state index contributed by atoms with van der Waals surface area (Å²) in [5.41, 5.74) is 6.05. The van der Waals surface area contributed by atoms with Crippen molar-refractivity contribution in [2.45, 2.75) is 38.0 Å². The minimum absolute atomic E-state index is 0.0220. The zero-order valence-corrected chi connectivity index (χ0v) is 13.4. The summed E-state index contributed by atoms with van der Waals surface area (Å²) in [5, 5.41) is 3.68. The molecule has 0 bridgehead atoms. The molecule has 0 atom stereocenters. The molecule has 1 aromatic rings. The monoisotopic (exact) mass is 316 g/mol. The Balaban J connectivity index is 2.43. The lowest BCUT2D eigenvalue weighted by Gasteiger charge is -2.07. The van der Waals surface area contributed by atoms with E-state index >= 15 is 0 Å². The van der Waals surface area contributed by atoms with Crippen molar-refractivity contribution in [1.29, 1.82) is 0 Å². The molecule has 3 N–H and O–H groups in total. The minimum atomic E-state index is -3.44. The fraction of sp³-hybridized carbons (Fsp3) is 0.615. The zero-order valence-electron chi connectivity index (χ0n) is 11.7. The summed E-state index contributed by atoms with van der Waals surface area (Å²) in [7, 11) is -3.44. The van der Waals surface area contributed by atoms with Gasteiger partial charge in [-0.2, -0.15) is 0 Å². The van der Waals surface area contributed by atoms with E-state index in [9.17, 15) is 13.2 Å². The van der Waals surface area contributed by atoms with Gasteiger partial charge in [0.2, 0.25) is 0 Å². The standard InChI is InChI=1S/C13H20N2O3S2/c1-3-9(16)11-10(14)12(20(17,18)4-2)13(19-11)15-7-8-5-6-8/h8,15H,3-7,14H2,1-2H3. The van der Waals surface area contributed by atoms with E-state index < -0.39 is 9.84 Å². The van der Waals surface area contributed by atoms with Gasteiger partial charge in [-0.1, -0.05) is 13.8 Å². The number of anilines is 2. The molecule has 0 aromatic carbocycles. The first-order valence-corrected chi connectivity index (χ1v) is 9.29. The van der Waals surface area contributed by atoms with Crippen molar-refractivity contribution < 1.29 is 13.2 Å². The van der Waals surface area contributed by atoms with E-state index in [2.05, 4.69) is 5.32 Å². The van der Waals surface area contributed by atoms with Crippen molar-refractivity contribution in [3.8, 4) is 0 Å². The number of nitrogens with one attached hydrogen (secondary N) is 1. The number of sulfone groups is 1. The van der Waals surface area contributed by atoms with Crippen LogP contribution in [0, 0.1) is 5.92 Å². The number of carbonyl (C=O) groups is 1. The normalized spacial score (nSPS) is 15.3. The Bertz CT molecular complexity index is 616. The van der Waals surface area contributed by atoms with Gasteiger partial charge in [-0.05, 0) is 18.8 Å². The van der Waals surface area contributed by atoms with Gasteiger partial charge >= 0.3 is 0 Å². The highest BCUT2D eigenvalue weighted by molar-refractivity contribution is 7.91. The van der Waals surface area contributed by atoms with Crippen molar-refractivity contribution >= 4 is 37.6 Å². The van der Waals surface area contributed by atoms with Crippen molar-refractivity contribution in [2.24, 2.45) is 5.92 Å². The van der Waals surface area contributed by atoms with Gasteiger partial charge in [-0.15, -0.1) is 11.3 Å². The highest BCUT2D eigenvalue weighted by atomic mass is 32.2.